The summed E-state index contributed by atoms with van der Waals surface area (Å²) >= 11 is 5.94. The molecule has 126 valence electrons. The monoisotopic (exact) mass is 361 g/mol. The summed E-state index contributed by atoms with van der Waals surface area (Å²) in [6, 6.07) is 9.93. The number of nitrogens with one attached hydrogen (secondary N) is 1. The fourth-order valence-corrected chi connectivity index (χ4v) is 3.00. The lowest BCUT2D eigenvalue weighted by molar-refractivity contribution is 0.822. The van der Waals surface area contributed by atoms with E-state index in [9.17, 15) is 0 Å². The van der Waals surface area contributed by atoms with Crippen LogP contribution in [0.2, 0.25) is 5.02 Å². The number of aromatic nitrogens is 2. The molecule has 0 radical (unpaired) electrons. The number of aryl methyl sites for hydroxylation is 1. The number of allylic oxidation sites excluding steroid dienone is 1. The van der Waals surface area contributed by atoms with E-state index in [0.29, 0.717) is 6.54 Å². The molecule has 1 aromatic carbocycles. The minimum Gasteiger partial charge on any atom is -0.364 e. The first-order chi connectivity index (χ1) is 11.1. The van der Waals surface area contributed by atoms with Gasteiger partial charge >= 0.3 is 0 Å². The highest BCUT2D eigenvalue weighted by Crippen LogP contribution is 2.29. The van der Waals surface area contributed by atoms with Gasteiger partial charge in [-0.3, -0.25) is 0 Å². The maximum absolute atomic E-state index is 5.94. The summed E-state index contributed by atoms with van der Waals surface area (Å²) < 4.78 is 2.26. The van der Waals surface area contributed by atoms with Crippen molar-refractivity contribution in [1.82, 2.24) is 9.55 Å². The van der Waals surface area contributed by atoms with E-state index in [-0.39, 0.29) is 12.4 Å². The van der Waals surface area contributed by atoms with E-state index in [1.54, 1.807) is 0 Å². The highest BCUT2D eigenvalue weighted by molar-refractivity contribution is 6.30. The van der Waals surface area contributed by atoms with Gasteiger partial charge in [-0.25, -0.2) is 4.98 Å². The van der Waals surface area contributed by atoms with Gasteiger partial charge < -0.3 is 9.88 Å². The SMILES string of the molecule is C=CCn1c(C)c(C)c2ccnc(NCc3ccc(Cl)cc3)c21.Cl. The Balaban J connectivity index is 0.00000208. The average molecular weight is 362 g/mol. The number of pyridine rings is 1. The predicted molar refractivity (Wildman–Crippen MR) is 105 cm³/mol. The molecule has 0 aliphatic rings. The molecule has 0 aliphatic heterocycles. The van der Waals surface area contributed by atoms with Crippen molar-refractivity contribution in [3.63, 3.8) is 0 Å². The van der Waals surface area contributed by atoms with E-state index >= 15 is 0 Å². The zero-order chi connectivity index (χ0) is 16.4. The molecule has 3 rings (SSSR count). The van der Waals surface area contributed by atoms with Gasteiger partial charge in [0.25, 0.3) is 0 Å². The minimum atomic E-state index is 0. The standard InChI is InChI=1S/C19H20ClN3.ClH/c1-4-11-23-14(3)13(2)17-9-10-21-19(18(17)23)22-12-15-5-7-16(20)8-6-15;/h4-10H,1,11-12H2,2-3H3,(H,21,22);1H. The normalized spacial score (nSPS) is 10.5. The van der Waals surface area contributed by atoms with Gasteiger partial charge in [0.05, 0.1) is 5.52 Å². The fourth-order valence-electron chi connectivity index (χ4n) is 2.87. The third-order valence-electron chi connectivity index (χ3n) is 4.23. The average Bonchev–Trinajstić information content (AvgIpc) is 2.80. The van der Waals surface area contributed by atoms with Gasteiger partial charge in [0, 0.05) is 35.4 Å². The van der Waals surface area contributed by atoms with E-state index in [1.807, 2.05) is 36.5 Å². The minimum absolute atomic E-state index is 0. The summed E-state index contributed by atoms with van der Waals surface area (Å²) in [5.41, 5.74) is 4.85. The Labute approximate surface area is 153 Å². The third kappa shape index (κ3) is 3.42. The topological polar surface area (TPSA) is 29.9 Å². The van der Waals surface area contributed by atoms with E-state index < -0.39 is 0 Å². The molecule has 0 saturated carbocycles. The number of halogens is 2. The summed E-state index contributed by atoms with van der Waals surface area (Å²) in [4.78, 5) is 4.54. The van der Waals surface area contributed by atoms with Crippen LogP contribution in [0.5, 0.6) is 0 Å². The van der Waals surface area contributed by atoms with Gasteiger partial charge in [0.2, 0.25) is 0 Å². The van der Waals surface area contributed by atoms with E-state index in [0.717, 1.165) is 22.9 Å². The highest BCUT2D eigenvalue weighted by Gasteiger charge is 2.14. The van der Waals surface area contributed by atoms with Crippen molar-refractivity contribution in [3.8, 4) is 0 Å². The van der Waals surface area contributed by atoms with Gasteiger partial charge in [-0.15, -0.1) is 19.0 Å². The van der Waals surface area contributed by atoms with Crippen LogP contribution in [0.15, 0.2) is 49.2 Å². The molecule has 3 aromatic rings. The third-order valence-corrected chi connectivity index (χ3v) is 4.48. The summed E-state index contributed by atoms with van der Waals surface area (Å²) in [5.74, 6) is 0.899. The van der Waals surface area contributed by atoms with Crippen LogP contribution in [0.1, 0.15) is 16.8 Å². The molecular weight excluding hydrogens is 341 g/mol. The Hall–Kier alpha value is -1.97. The Bertz CT molecular complexity index is 851. The lowest BCUT2D eigenvalue weighted by Crippen LogP contribution is -2.05. The summed E-state index contributed by atoms with van der Waals surface area (Å²) in [5, 5.41) is 5.44. The van der Waals surface area contributed by atoms with Gasteiger partial charge in [0.1, 0.15) is 0 Å². The predicted octanol–water partition coefficient (Wildman–Crippen LogP) is 5.53. The molecule has 0 unspecified atom stereocenters. The molecular formula is C19H21Cl2N3. The lowest BCUT2D eigenvalue weighted by atomic mass is 10.2. The largest absolute Gasteiger partial charge is 0.364 e. The van der Waals surface area contributed by atoms with Crippen molar-refractivity contribution >= 4 is 40.7 Å². The molecule has 24 heavy (non-hydrogen) atoms. The molecule has 0 atom stereocenters. The van der Waals surface area contributed by atoms with Crippen molar-refractivity contribution in [1.29, 1.82) is 0 Å². The molecule has 3 nitrogen and oxygen atoms in total. The van der Waals surface area contributed by atoms with E-state index in [1.165, 1.54) is 22.2 Å². The van der Waals surface area contributed by atoms with Crippen LogP contribution in [0.3, 0.4) is 0 Å². The van der Waals surface area contributed by atoms with Crippen LogP contribution in [0.4, 0.5) is 5.82 Å². The van der Waals surface area contributed by atoms with Crippen molar-refractivity contribution < 1.29 is 0 Å². The van der Waals surface area contributed by atoms with E-state index in [2.05, 4.69) is 41.4 Å². The Morgan fingerprint density at radius 2 is 1.92 bits per heavy atom. The van der Waals surface area contributed by atoms with Crippen molar-refractivity contribution in [3.05, 3.63) is 71.0 Å². The molecule has 2 heterocycles. The number of hydrogen-bond acceptors (Lipinski definition) is 2. The van der Waals surface area contributed by atoms with E-state index in [4.69, 9.17) is 11.6 Å². The first-order valence-electron chi connectivity index (χ1n) is 7.65. The van der Waals surface area contributed by atoms with Gasteiger partial charge in [-0.2, -0.15) is 0 Å². The van der Waals surface area contributed by atoms with Gasteiger partial charge in [-0.05, 0) is 43.2 Å². The van der Waals surface area contributed by atoms with Crippen LogP contribution in [0, 0.1) is 13.8 Å². The molecule has 1 N–H and O–H groups in total. The Morgan fingerprint density at radius 3 is 2.58 bits per heavy atom. The number of anilines is 1. The van der Waals surface area contributed by atoms with Crippen LogP contribution in [-0.2, 0) is 13.1 Å². The molecule has 0 amide bonds. The second kappa shape index (κ2) is 7.73. The second-order valence-electron chi connectivity index (χ2n) is 5.65. The number of rotatable bonds is 5. The lowest BCUT2D eigenvalue weighted by Gasteiger charge is -2.11. The van der Waals surface area contributed by atoms with Crippen LogP contribution >= 0.6 is 24.0 Å². The molecule has 0 fully saturated rings. The van der Waals surface area contributed by atoms with Crippen LogP contribution in [0.25, 0.3) is 10.9 Å². The Morgan fingerprint density at radius 1 is 1.21 bits per heavy atom. The molecule has 2 aromatic heterocycles. The van der Waals surface area contributed by atoms with Crippen molar-refractivity contribution in [2.24, 2.45) is 0 Å². The molecule has 5 heteroatoms. The maximum atomic E-state index is 5.94. The maximum Gasteiger partial charge on any atom is 0.150 e. The highest BCUT2D eigenvalue weighted by atomic mass is 35.5. The summed E-state index contributed by atoms with van der Waals surface area (Å²) in [7, 11) is 0. The molecule has 0 saturated heterocycles. The first kappa shape index (κ1) is 18.4. The van der Waals surface area contributed by atoms with Crippen molar-refractivity contribution in [2.45, 2.75) is 26.9 Å². The van der Waals surface area contributed by atoms with Gasteiger partial charge in [-0.1, -0.05) is 29.8 Å². The summed E-state index contributed by atoms with van der Waals surface area (Å²) in [6.07, 6.45) is 3.78. The summed E-state index contributed by atoms with van der Waals surface area (Å²) in [6.45, 7) is 9.65. The quantitative estimate of drug-likeness (QED) is 0.605. The second-order valence-corrected chi connectivity index (χ2v) is 6.08. The molecule has 0 aliphatic carbocycles. The zero-order valence-corrected chi connectivity index (χ0v) is 15.4. The number of benzene rings is 1. The van der Waals surface area contributed by atoms with Crippen LogP contribution in [-0.4, -0.2) is 9.55 Å². The molecule has 0 bridgehead atoms. The zero-order valence-electron chi connectivity index (χ0n) is 13.8. The number of hydrogen-bond donors (Lipinski definition) is 1. The van der Waals surface area contributed by atoms with Crippen molar-refractivity contribution in [2.75, 3.05) is 5.32 Å². The van der Waals surface area contributed by atoms with Crippen LogP contribution < -0.4 is 5.32 Å². The number of nitrogens with zero attached hydrogens (tertiary/aromatic N) is 2. The van der Waals surface area contributed by atoms with Gasteiger partial charge in [0.15, 0.2) is 5.82 Å². The molecule has 0 spiro atoms. The smallest absolute Gasteiger partial charge is 0.150 e. The number of fused-ring (bicyclic) bond motifs is 1. The fraction of sp³-hybridized carbons (Fsp3) is 0.211. The Kier molecular flexibility index (Phi) is 5.92. The first-order valence-corrected chi connectivity index (χ1v) is 8.03.